The second kappa shape index (κ2) is 7.71. The summed E-state index contributed by atoms with van der Waals surface area (Å²) in [7, 11) is 0. The maximum absolute atomic E-state index is 2.41. The molecule has 0 aromatic rings. The summed E-state index contributed by atoms with van der Waals surface area (Å²) in [6, 6.07) is 0. The molecule has 0 bridgehead atoms. The third-order valence-electron chi connectivity index (χ3n) is 4.25. The van der Waals surface area contributed by atoms with Crippen LogP contribution < -0.4 is 0 Å². The molecule has 0 aromatic carbocycles. The molecule has 0 radical (unpaired) electrons. The van der Waals surface area contributed by atoms with E-state index < -0.39 is 0 Å². The maximum atomic E-state index is 2.41. The van der Waals surface area contributed by atoms with E-state index >= 15 is 0 Å². The molecule has 0 heterocycles. The number of hydrogen-bond acceptors (Lipinski definition) is 1. The van der Waals surface area contributed by atoms with Gasteiger partial charge in [-0.05, 0) is 49.2 Å². The van der Waals surface area contributed by atoms with Crippen molar-refractivity contribution in [1.29, 1.82) is 0 Å². The zero-order valence-corrected chi connectivity index (χ0v) is 13.2. The summed E-state index contributed by atoms with van der Waals surface area (Å²) >= 11 is 2.26. The molecule has 102 valence electrons. The van der Waals surface area contributed by atoms with Gasteiger partial charge in [0.25, 0.3) is 0 Å². The molecule has 0 amide bonds. The summed E-state index contributed by atoms with van der Waals surface area (Å²) in [5.41, 5.74) is 0.538. The fourth-order valence-corrected chi connectivity index (χ4v) is 4.18. The Morgan fingerprint density at radius 3 is 2.12 bits per heavy atom. The first-order valence-electron chi connectivity index (χ1n) is 7.65. The van der Waals surface area contributed by atoms with Gasteiger partial charge in [-0.1, -0.05) is 47.0 Å². The number of rotatable bonds is 6. The lowest BCUT2D eigenvalue weighted by Crippen LogP contribution is -2.26. The Morgan fingerprint density at radius 2 is 1.59 bits per heavy atom. The van der Waals surface area contributed by atoms with E-state index in [2.05, 4.69) is 39.5 Å². The minimum absolute atomic E-state index is 0.538. The Balaban J connectivity index is 2.07. The second-order valence-electron chi connectivity index (χ2n) is 6.77. The molecule has 0 aromatic heterocycles. The van der Waals surface area contributed by atoms with E-state index in [1.807, 2.05) is 0 Å². The average Bonchev–Trinajstić information content (AvgIpc) is 2.28. The van der Waals surface area contributed by atoms with E-state index in [4.69, 9.17) is 0 Å². The Labute approximate surface area is 113 Å². The molecule has 0 unspecified atom stereocenters. The number of thioether (sulfide) groups is 1. The van der Waals surface area contributed by atoms with Gasteiger partial charge in [0.15, 0.2) is 0 Å². The minimum Gasteiger partial charge on any atom is -0.159 e. The van der Waals surface area contributed by atoms with Gasteiger partial charge in [0.2, 0.25) is 0 Å². The summed E-state index contributed by atoms with van der Waals surface area (Å²) < 4.78 is 0. The topological polar surface area (TPSA) is 0 Å². The largest absolute Gasteiger partial charge is 0.159 e. The van der Waals surface area contributed by atoms with Crippen LogP contribution in [0.15, 0.2) is 0 Å². The van der Waals surface area contributed by atoms with Crippen molar-refractivity contribution in [2.75, 3.05) is 5.75 Å². The van der Waals surface area contributed by atoms with Crippen molar-refractivity contribution in [3.8, 4) is 0 Å². The highest BCUT2D eigenvalue weighted by Crippen LogP contribution is 2.40. The van der Waals surface area contributed by atoms with E-state index in [-0.39, 0.29) is 0 Å². The van der Waals surface area contributed by atoms with Crippen LogP contribution in [0.1, 0.15) is 79.1 Å². The Bertz CT molecular complexity index is 184. The predicted molar refractivity (Wildman–Crippen MR) is 81.8 cm³/mol. The molecular weight excluding hydrogens is 224 g/mol. The molecule has 0 aliphatic heterocycles. The smallest absolute Gasteiger partial charge is 0.00472 e. The lowest BCUT2D eigenvalue weighted by molar-refractivity contribution is 0.182. The van der Waals surface area contributed by atoms with Crippen molar-refractivity contribution in [3.63, 3.8) is 0 Å². The van der Waals surface area contributed by atoms with E-state index in [1.54, 1.807) is 0 Å². The van der Waals surface area contributed by atoms with Crippen molar-refractivity contribution in [2.45, 2.75) is 84.3 Å². The summed E-state index contributed by atoms with van der Waals surface area (Å²) in [5.74, 6) is 2.38. The second-order valence-corrected chi connectivity index (χ2v) is 8.18. The Morgan fingerprint density at radius 1 is 0.941 bits per heavy atom. The van der Waals surface area contributed by atoms with Crippen LogP contribution in [-0.2, 0) is 0 Å². The van der Waals surface area contributed by atoms with E-state index in [9.17, 15) is 0 Å². The highest BCUT2D eigenvalue weighted by molar-refractivity contribution is 7.99. The van der Waals surface area contributed by atoms with Gasteiger partial charge in [-0.15, -0.1) is 0 Å². The standard InChI is InChI=1S/C16H32S/c1-5-6-7-8-13-17-15-11-9-14(10-12-15)16(2,3)4/h14-15H,5-13H2,1-4H3. The van der Waals surface area contributed by atoms with Crippen molar-refractivity contribution < 1.29 is 0 Å². The molecule has 1 saturated carbocycles. The van der Waals surface area contributed by atoms with Crippen molar-refractivity contribution in [3.05, 3.63) is 0 Å². The molecule has 0 spiro atoms. The van der Waals surface area contributed by atoms with E-state index in [1.165, 1.54) is 57.1 Å². The average molecular weight is 256 g/mol. The first kappa shape index (κ1) is 15.4. The van der Waals surface area contributed by atoms with Crippen molar-refractivity contribution in [2.24, 2.45) is 11.3 Å². The van der Waals surface area contributed by atoms with Gasteiger partial charge in [0.1, 0.15) is 0 Å². The van der Waals surface area contributed by atoms with Crippen molar-refractivity contribution in [1.82, 2.24) is 0 Å². The highest BCUT2D eigenvalue weighted by atomic mass is 32.2. The summed E-state index contributed by atoms with van der Waals surface area (Å²) in [6.45, 7) is 9.53. The van der Waals surface area contributed by atoms with Crippen molar-refractivity contribution >= 4 is 11.8 Å². The first-order chi connectivity index (χ1) is 8.04. The Hall–Kier alpha value is 0.350. The zero-order valence-electron chi connectivity index (χ0n) is 12.4. The first-order valence-corrected chi connectivity index (χ1v) is 8.70. The molecule has 17 heavy (non-hydrogen) atoms. The highest BCUT2D eigenvalue weighted by Gasteiger charge is 2.29. The summed E-state index contributed by atoms with van der Waals surface area (Å²) in [6.07, 6.45) is 11.6. The Kier molecular flexibility index (Phi) is 6.99. The van der Waals surface area contributed by atoms with Gasteiger partial charge < -0.3 is 0 Å². The molecule has 0 nitrogen and oxygen atoms in total. The van der Waals surface area contributed by atoms with Gasteiger partial charge in [-0.25, -0.2) is 0 Å². The van der Waals surface area contributed by atoms with Gasteiger partial charge >= 0.3 is 0 Å². The van der Waals surface area contributed by atoms with Gasteiger partial charge in [-0.3, -0.25) is 0 Å². The van der Waals surface area contributed by atoms with Crippen LogP contribution in [0.3, 0.4) is 0 Å². The number of unbranched alkanes of at least 4 members (excludes halogenated alkanes) is 3. The number of hydrogen-bond donors (Lipinski definition) is 0. The van der Waals surface area contributed by atoms with Crippen LogP contribution in [0.5, 0.6) is 0 Å². The van der Waals surface area contributed by atoms with Crippen LogP contribution in [0.25, 0.3) is 0 Å². The fraction of sp³-hybridized carbons (Fsp3) is 1.00. The molecule has 0 saturated heterocycles. The van der Waals surface area contributed by atoms with Crippen LogP contribution in [0.2, 0.25) is 0 Å². The molecule has 1 aliphatic carbocycles. The molecule has 1 aliphatic rings. The fourth-order valence-electron chi connectivity index (χ4n) is 2.87. The molecule has 1 rings (SSSR count). The molecule has 0 atom stereocenters. The summed E-state index contributed by atoms with van der Waals surface area (Å²) in [5, 5.41) is 0.982. The maximum Gasteiger partial charge on any atom is 0.00472 e. The van der Waals surface area contributed by atoms with Crippen LogP contribution in [0.4, 0.5) is 0 Å². The van der Waals surface area contributed by atoms with Gasteiger partial charge in [0, 0.05) is 5.25 Å². The van der Waals surface area contributed by atoms with Crippen LogP contribution in [-0.4, -0.2) is 11.0 Å². The molecule has 1 fully saturated rings. The normalized spacial score (nSPS) is 26.1. The van der Waals surface area contributed by atoms with E-state index in [0.29, 0.717) is 5.41 Å². The van der Waals surface area contributed by atoms with Crippen LogP contribution in [0, 0.1) is 11.3 Å². The lowest BCUT2D eigenvalue weighted by atomic mass is 9.72. The summed E-state index contributed by atoms with van der Waals surface area (Å²) in [4.78, 5) is 0. The third kappa shape index (κ3) is 6.18. The van der Waals surface area contributed by atoms with Gasteiger partial charge in [-0.2, -0.15) is 11.8 Å². The molecular formula is C16H32S. The predicted octanol–water partition coefficient (Wildman–Crippen LogP) is 5.90. The minimum atomic E-state index is 0.538. The zero-order chi connectivity index (χ0) is 12.7. The molecule has 1 heteroatoms. The quantitative estimate of drug-likeness (QED) is 0.533. The van der Waals surface area contributed by atoms with Gasteiger partial charge in [0.05, 0.1) is 0 Å². The lowest BCUT2D eigenvalue weighted by Gasteiger charge is -2.36. The SMILES string of the molecule is CCCCCCSC1CCC(C(C)(C)C)CC1. The van der Waals surface area contributed by atoms with E-state index in [0.717, 1.165) is 11.2 Å². The molecule has 0 N–H and O–H groups in total. The third-order valence-corrected chi connectivity index (χ3v) is 5.72. The van der Waals surface area contributed by atoms with Crippen LogP contribution >= 0.6 is 11.8 Å². The monoisotopic (exact) mass is 256 g/mol.